The van der Waals surface area contributed by atoms with Crippen LogP contribution in [0.2, 0.25) is 0 Å². The number of aryl methyl sites for hydroxylation is 2. The third-order valence-electron chi connectivity index (χ3n) is 2.10. The molecule has 0 N–H and O–H groups in total. The lowest BCUT2D eigenvalue weighted by Gasteiger charge is -2.13. The fourth-order valence-electron chi connectivity index (χ4n) is 1.56. The summed E-state index contributed by atoms with van der Waals surface area (Å²) >= 11 is 1.67. The first kappa shape index (κ1) is 13.0. The maximum absolute atomic E-state index is 4.57. The minimum absolute atomic E-state index is 0.721. The molecule has 0 aliphatic rings. The average molecular weight is 237 g/mol. The molecule has 88 valence electrons. The van der Waals surface area contributed by atoms with Crippen molar-refractivity contribution in [1.82, 2.24) is 9.88 Å². The fraction of sp³-hybridized carbons (Fsp3) is 0.500. The number of nitrogens with zero attached hydrogens (tertiary/aromatic N) is 3. The molecule has 0 amide bonds. The molecule has 1 rings (SSSR count). The van der Waals surface area contributed by atoms with Gasteiger partial charge in [0.25, 0.3) is 0 Å². The smallest absolute Gasteiger partial charge is 0.158 e. The highest BCUT2D eigenvalue weighted by atomic mass is 32.2. The molecular weight excluding hydrogens is 218 g/mol. The molecule has 1 heterocycles. The third-order valence-corrected chi connectivity index (χ3v) is 2.96. The van der Waals surface area contributed by atoms with Gasteiger partial charge in [-0.1, -0.05) is 11.8 Å². The van der Waals surface area contributed by atoms with E-state index in [0.29, 0.717) is 0 Å². The first-order valence-electron chi connectivity index (χ1n) is 5.23. The zero-order valence-corrected chi connectivity index (χ0v) is 11.4. The van der Waals surface area contributed by atoms with E-state index in [-0.39, 0.29) is 0 Å². The predicted octanol–water partition coefficient (Wildman–Crippen LogP) is 2.48. The first-order valence-corrected chi connectivity index (χ1v) is 6.45. The number of thioether (sulfide) groups is 1. The highest BCUT2D eigenvalue weighted by Gasteiger charge is 2.00. The van der Waals surface area contributed by atoms with Crippen LogP contribution in [0.5, 0.6) is 0 Å². The molecule has 3 nitrogen and oxygen atoms in total. The Kier molecular flexibility index (Phi) is 4.80. The maximum Gasteiger partial charge on any atom is 0.158 e. The zero-order valence-electron chi connectivity index (χ0n) is 10.6. The predicted molar refractivity (Wildman–Crippen MR) is 72.1 cm³/mol. The molecule has 0 radical (unpaired) electrons. The van der Waals surface area contributed by atoms with E-state index in [2.05, 4.69) is 22.1 Å². The fourth-order valence-corrected chi connectivity index (χ4v) is 2.12. The number of aromatic nitrogens is 1. The van der Waals surface area contributed by atoms with Crippen molar-refractivity contribution in [2.24, 2.45) is 4.99 Å². The second-order valence-corrected chi connectivity index (χ2v) is 4.73. The summed E-state index contributed by atoms with van der Waals surface area (Å²) in [5, 5.41) is 1.05. The SMILES string of the molecule is CSC(=NCc1cc(C)nc(C)c1)N(C)C. The molecule has 0 fully saturated rings. The summed E-state index contributed by atoms with van der Waals surface area (Å²) in [7, 11) is 4.02. The Morgan fingerprint density at radius 2 is 1.88 bits per heavy atom. The molecule has 16 heavy (non-hydrogen) atoms. The van der Waals surface area contributed by atoms with Gasteiger partial charge < -0.3 is 4.90 Å². The van der Waals surface area contributed by atoms with Gasteiger partial charge in [0.2, 0.25) is 0 Å². The van der Waals surface area contributed by atoms with Gasteiger partial charge in [-0.3, -0.25) is 9.98 Å². The molecule has 0 bridgehead atoms. The van der Waals surface area contributed by atoms with E-state index in [1.807, 2.05) is 39.1 Å². The Labute approximate surface area is 102 Å². The Morgan fingerprint density at radius 1 is 1.31 bits per heavy atom. The molecule has 0 spiro atoms. The van der Waals surface area contributed by atoms with Crippen molar-refractivity contribution < 1.29 is 0 Å². The molecular formula is C12H19N3S. The van der Waals surface area contributed by atoms with E-state index in [1.54, 1.807) is 11.8 Å². The van der Waals surface area contributed by atoms with Gasteiger partial charge >= 0.3 is 0 Å². The quantitative estimate of drug-likeness (QED) is 0.584. The Morgan fingerprint density at radius 3 is 2.31 bits per heavy atom. The van der Waals surface area contributed by atoms with E-state index < -0.39 is 0 Å². The van der Waals surface area contributed by atoms with Crippen LogP contribution in [0.4, 0.5) is 0 Å². The minimum Gasteiger partial charge on any atom is -0.358 e. The van der Waals surface area contributed by atoms with E-state index in [4.69, 9.17) is 0 Å². The summed E-state index contributed by atoms with van der Waals surface area (Å²) in [6.07, 6.45) is 2.04. The van der Waals surface area contributed by atoms with Crippen LogP contribution in [0.15, 0.2) is 17.1 Å². The van der Waals surface area contributed by atoms with Crippen LogP contribution >= 0.6 is 11.8 Å². The third kappa shape index (κ3) is 3.85. The topological polar surface area (TPSA) is 28.5 Å². The van der Waals surface area contributed by atoms with E-state index in [0.717, 1.165) is 23.1 Å². The summed E-state index contributed by atoms with van der Waals surface area (Å²) in [5.74, 6) is 0. The largest absolute Gasteiger partial charge is 0.358 e. The van der Waals surface area contributed by atoms with Crippen molar-refractivity contribution in [3.05, 3.63) is 29.1 Å². The van der Waals surface area contributed by atoms with Gasteiger partial charge in [-0.2, -0.15) is 0 Å². The van der Waals surface area contributed by atoms with E-state index in [9.17, 15) is 0 Å². The lowest BCUT2D eigenvalue weighted by Crippen LogP contribution is -2.18. The average Bonchev–Trinajstić information content (AvgIpc) is 2.16. The number of hydrogen-bond donors (Lipinski definition) is 0. The first-order chi connectivity index (χ1) is 7.52. The Balaban J connectivity index is 2.80. The number of hydrogen-bond acceptors (Lipinski definition) is 3. The summed E-state index contributed by atoms with van der Waals surface area (Å²) in [5.41, 5.74) is 3.33. The Bertz CT molecular complexity index is 366. The van der Waals surface area contributed by atoms with Gasteiger partial charge in [0.05, 0.1) is 6.54 Å². The van der Waals surface area contributed by atoms with Gasteiger partial charge in [0, 0.05) is 25.5 Å². The van der Waals surface area contributed by atoms with Crippen molar-refractivity contribution >= 4 is 16.9 Å². The highest BCUT2D eigenvalue weighted by Crippen LogP contribution is 2.09. The summed E-state index contributed by atoms with van der Waals surface area (Å²) in [6, 6.07) is 4.17. The zero-order chi connectivity index (χ0) is 12.1. The second kappa shape index (κ2) is 5.89. The molecule has 0 saturated carbocycles. The standard InChI is InChI=1S/C12H19N3S/c1-9-6-11(7-10(2)14-9)8-13-12(16-5)15(3)4/h6-7H,8H2,1-5H3. The van der Waals surface area contributed by atoms with E-state index >= 15 is 0 Å². The lowest BCUT2D eigenvalue weighted by molar-refractivity contribution is 0.632. The number of amidine groups is 1. The van der Waals surface area contributed by atoms with Crippen LogP contribution in [0.3, 0.4) is 0 Å². The molecule has 0 aromatic carbocycles. The summed E-state index contributed by atoms with van der Waals surface area (Å²) < 4.78 is 0. The van der Waals surface area contributed by atoms with Crippen LogP contribution in [0, 0.1) is 13.8 Å². The number of pyridine rings is 1. The second-order valence-electron chi connectivity index (χ2n) is 3.96. The van der Waals surface area contributed by atoms with Gasteiger partial charge in [0.1, 0.15) is 0 Å². The van der Waals surface area contributed by atoms with E-state index in [1.165, 1.54) is 5.56 Å². The molecule has 1 aromatic heterocycles. The van der Waals surface area contributed by atoms with Gasteiger partial charge in [0.15, 0.2) is 5.17 Å². The molecule has 0 aliphatic heterocycles. The Hall–Kier alpha value is -1.03. The number of aliphatic imine (C=N–C) groups is 1. The van der Waals surface area contributed by atoms with Gasteiger partial charge in [-0.05, 0) is 37.8 Å². The lowest BCUT2D eigenvalue weighted by atomic mass is 10.2. The van der Waals surface area contributed by atoms with Crippen LogP contribution < -0.4 is 0 Å². The van der Waals surface area contributed by atoms with Crippen molar-refractivity contribution in [3.63, 3.8) is 0 Å². The van der Waals surface area contributed by atoms with Crippen LogP contribution in [-0.4, -0.2) is 35.4 Å². The highest BCUT2D eigenvalue weighted by molar-refractivity contribution is 8.13. The minimum atomic E-state index is 0.721. The molecule has 0 aliphatic carbocycles. The van der Waals surface area contributed by atoms with Crippen LogP contribution in [-0.2, 0) is 6.54 Å². The number of rotatable bonds is 2. The maximum atomic E-state index is 4.57. The molecule has 4 heteroatoms. The molecule has 0 atom stereocenters. The molecule has 0 saturated heterocycles. The normalized spacial score (nSPS) is 11.7. The summed E-state index contributed by atoms with van der Waals surface area (Å²) in [4.78, 5) is 11.0. The van der Waals surface area contributed by atoms with Crippen molar-refractivity contribution in [2.45, 2.75) is 20.4 Å². The van der Waals surface area contributed by atoms with Crippen molar-refractivity contribution in [3.8, 4) is 0 Å². The van der Waals surface area contributed by atoms with Crippen LogP contribution in [0.1, 0.15) is 17.0 Å². The van der Waals surface area contributed by atoms with Gasteiger partial charge in [-0.25, -0.2) is 0 Å². The summed E-state index contributed by atoms with van der Waals surface area (Å²) in [6.45, 7) is 4.75. The van der Waals surface area contributed by atoms with Gasteiger partial charge in [-0.15, -0.1) is 0 Å². The van der Waals surface area contributed by atoms with Crippen molar-refractivity contribution in [2.75, 3.05) is 20.4 Å². The van der Waals surface area contributed by atoms with Crippen molar-refractivity contribution in [1.29, 1.82) is 0 Å². The van der Waals surface area contributed by atoms with Crippen LogP contribution in [0.25, 0.3) is 0 Å². The monoisotopic (exact) mass is 237 g/mol. The molecule has 1 aromatic rings. The molecule has 0 unspecified atom stereocenters.